The highest BCUT2D eigenvalue weighted by Gasteiger charge is 2.13. The molecule has 1 aromatic carbocycles. The summed E-state index contributed by atoms with van der Waals surface area (Å²) in [7, 11) is 0. The minimum absolute atomic E-state index is 0.171. The molecule has 0 aliphatic rings. The van der Waals surface area contributed by atoms with E-state index in [1.54, 1.807) is 0 Å². The number of benzene rings is 1. The average molecular weight is 295 g/mol. The number of aryl methyl sites for hydroxylation is 2. The van der Waals surface area contributed by atoms with Gasteiger partial charge in [-0.05, 0) is 25.0 Å². The van der Waals surface area contributed by atoms with Crippen LogP contribution >= 0.6 is 11.6 Å². The van der Waals surface area contributed by atoms with Crippen LogP contribution in [0.15, 0.2) is 18.2 Å². The number of hydrogen-bond acceptors (Lipinski definition) is 2. The van der Waals surface area contributed by atoms with Gasteiger partial charge in [-0.25, -0.2) is 4.98 Å². The number of nitrogens with zero attached hydrogens (tertiary/aromatic N) is 2. The van der Waals surface area contributed by atoms with Gasteiger partial charge < -0.3 is 9.67 Å². The third-order valence-electron chi connectivity index (χ3n) is 3.32. The number of carbonyl (C=O) groups is 1. The Balaban J connectivity index is 2.31. The molecule has 0 amide bonds. The Morgan fingerprint density at radius 2 is 2.20 bits per heavy atom. The summed E-state index contributed by atoms with van der Waals surface area (Å²) < 4.78 is 2.14. The van der Waals surface area contributed by atoms with Crippen molar-refractivity contribution < 1.29 is 9.90 Å². The van der Waals surface area contributed by atoms with Crippen LogP contribution < -0.4 is 0 Å². The van der Waals surface area contributed by atoms with Gasteiger partial charge in [0.2, 0.25) is 0 Å². The van der Waals surface area contributed by atoms with E-state index < -0.39 is 5.97 Å². The van der Waals surface area contributed by atoms with Crippen LogP contribution in [0.25, 0.3) is 11.0 Å². The number of unbranched alkanes of at least 4 members (excludes halogenated alkanes) is 1. The molecule has 1 heterocycles. The summed E-state index contributed by atoms with van der Waals surface area (Å²) in [5.74, 6) is 0.169. The van der Waals surface area contributed by atoms with Crippen molar-refractivity contribution in [1.82, 2.24) is 9.55 Å². The molecule has 0 aliphatic heterocycles. The lowest BCUT2D eigenvalue weighted by molar-refractivity contribution is -0.137. The Hall–Kier alpha value is -1.55. The van der Waals surface area contributed by atoms with Crippen LogP contribution in [0.5, 0.6) is 0 Å². The Kier molecular flexibility index (Phi) is 5.01. The molecule has 1 N–H and O–H groups in total. The number of halogens is 1. The number of carboxylic acid groups (broad SMARTS) is 1. The number of para-hydroxylation sites is 1. The van der Waals surface area contributed by atoms with Crippen LogP contribution in [0.3, 0.4) is 0 Å². The van der Waals surface area contributed by atoms with Crippen molar-refractivity contribution in [3.05, 3.63) is 29.0 Å². The van der Waals surface area contributed by atoms with E-state index in [9.17, 15) is 4.79 Å². The second kappa shape index (κ2) is 6.75. The van der Waals surface area contributed by atoms with Crippen molar-refractivity contribution in [3.63, 3.8) is 0 Å². The molecule has 0 fully saturated rings. The molecule has 2 rings (SSSR count). The molecule has 0 radical (unpaired) electrons. The average Bonchev–Trinajstić information content (AvgIpc) is 2.75. The zero-order valence-electron chi connectivity index (χ0n) is 11.6. The van der Waals surface area contributed by atoms with E-state index in [1.165, 1.54) is 0 Å². The fourth-order valence-corrected chi connectivity index (χ4v) is 2.61. The highest BCUT2D eigenvalue weighted by atomic mass is 35.5. The molecule has 0 spiro atoms. The van der Waals surface area contributed by atoms with E-state index in [0.29, 0.717) is 17.9 Å². The van der Waals surface area contributed by atoms with Crippen molar-refractivity contribution in [3.8, 4) is 0 Å². The number of aliphatic carboxylic acids is 1. The smallest absolute Gasteiger partial charge is 0.303 e. The van der Waals surface area contributed by atoms with Crippen molar-refractivity contribution >= 4 is 28.6 Å². The van der Waals surface area contributed by atoms with Crippen LogP contribution in [0.1, 0.15) is 38.4 Å². The van der Waals surface area contributed by atoms with Crippen molar-refractivity contribution in [2.75, 3.05) is 0 Å². The van der Waals surface area contributed by atoms with Crippen molar-refractivity contribution in [1.29, 1.82) is 0 Å². The maximum absolute atomic E-state index is 10.6. The molecule has 5 heteroatoms. The van der Waals surface area contributed by atoms with E-state index in [4.69, 9.17) is 16.7 Å². The SMILES string of the molecule is CCCCn1c(CCCC(=O)O)nc2cccc(Cl)c21. The summed E-state index contributed by atoms with van der Waals surface area (Å²) in [5, 5.41) is 9.44. The zero-order chi connectivity index (χ0) is 14.5. The standard InChI is InChI=1S/C15H19ClN2O2/c1-2-3-10-18-13(8-5-9-14(19)20)17-12-7-4-6-11(16)15(12)18/h4,6-7H,2-3,5,8-10H2,1H3,(H,19,20). The summed E-state index contributed by atoms with van der Waals surface area (Å²) >= 11 is 6.28. The number of fused-ring (bicyclic) bond motifs is 1. The monoisotopic (exact) mass is 294 g/mol. The first-order valence-electron chi connectivity index (χ1n) is 6.99. The third kappa shape index (κ3) is 3.31. The number of carboxylic acids is 1. The Morgan fingerprint density at radius 3 is 2.90 bits per heavy atom. The molecule has 0 bridgehead atoms. The van der Waals surface area contributed by atoms with Crippen LogP contribution in [0, 0.1) is 0 Å². The van der Waals surface area contributed by atoms with Gasteiger partial charge in [-0.3, -0.25) is 4.79 Å². The van der Waals surface area contributed by atoms with Crippen LogP contribution in [-0.4, -0.2) is 20.6 Å². The van der Waals surface area contributed by atoms with Gasteiger partial charge in [0.25, 0.3) is 0 Å². The third-order valence-corrected chi connectivity index (χ3v) is 3.63. The summed E-state index contributed by atoms with van der Waals surface area (Å²) in [5.41, 5.74) is 1.85. The molecular formula is C15H19ClN2O2. The van der Waals surface area contributed by atoms with Crippen LogP contribution in [0.2, 0.25) is 5.02 Å². The topological polar surface area (TPSA) is 55.1 Å². The maximum atomic E-state index is 10.6. The Bertz CT molecular complexity index is 607. The molecule has 4 nitrogen and oxygen atoms in total. The van der Waals surface area contributed by atoms with Gasteiger partial charge in [0.1, 0.15) is 5.82 Å². The van der Waals surface area contributed by atoms with Crippen molar-refractivity contribution in [2.24, 2.45) is 0 Å². The highest BCUT2D eigenvalue weighted by Crippen LogP contribution is 2.25. The van der Waals surface area contributed by atoms with Crippen LogP contribution in [0.4, 0.5) is 0 Å². The minimum Gasteiger partial charge on any atom is -0.481 e. The molecule has 0 unspecified atom stereocenters. The van der Waals surface area contributed by atoms with E-state index >= 15 is 0 Å². The number of rotatable bonds is 7. The summed E-state index contributed by atoms with van der Waals surface area (Å²) in [6, 6.07) is 5.71. The first-order chi connectivity index (χ1) is 9.63. The van der Waals surface area contributed by atoms with E-state index in [1.807, 2.05) is 18.2 Å². The molecule has 108 valence electrons. The Morgan fingerprint density at radius 1 is 1.40 bits per heavy atom. The molecule has 2 aromatic rings. The molecule has 0 saturated carbocycles. The lowest BCUT2D eigenvalue weighted by atomic mass is 10.2. The molecule has 0 saturated heterocycles. The molecule has 0 aliphatic carbocycles. The molecule has 1 aromatic heterocycles. The zero-order valence-corrected chi connectivity index (χ0v) is 12.4. The van der Waals surface area contributed by atoms with E-state index in [0.717, 1.165) is 36.2 Å². The fraction of sp³-hybridized carbons (Fsp3) is 0.467. The fourth-order valence-electron chi connectivity index (χ4n) is 2.34. The number of aromatic nitrogens is 2. The number of imidazole rings is 1. The van der Waals surface area contributed by atoms with Gasteiger partial charge in [0.15, 0.2) is 0 Å². The predicted molar refractivity (Wildman–Crippen MR) is 80.2 cm³/mol. The van der Waals surface area contributed by atoms with E-state index in [-0.39, 0.29) is 6.42 Å². The first-order valence-corrected chi connectivity index (χ1v) is 7.36. The minimum atomic E-state index is -0.765. The molecular weight excluding hydrogens is 276 g/mol. The summed E-state index contributed by atoms with van der Waals surface area (Å²) in [6.07, 6.45) is 3.59. The summed E-state index contributed by atoms with van der Waals surface area (Å²) in [6.45, 7) is 3.02. The maximum Gasteiger partial charge on any atom is 0.303 e. The van der Waals surface area contributed by atoms with E-state index in [2.05, 4.69) is 16.5 Å². The lowest BCUT2D eigenvalue weighted by Gasteiger charge is -2.09. The second-order valence-corrected chi connectivity index (χ2v) is 5.30. The van der Waals surface area contributed by atoms with Crippen LogP contribution in [-0.2, 0) is 17.8 Å². The molecule has 0 atom stereocenters. The van der Waals surface area contributed by atoms with Crippen molar-refractivity contribution in [2.45, 2.75) is 45.6 Å². The highest BCUT2D eigenvalue weighted by molar-refractivity contribution is 6.35. The lowest BCUT2D eigenvalue weighted by Crippen LogP contribution is -2.05. The van der Waals surface area contributed by atoms with Gasteiger partial charge in [-0.2, -0.15) is 0 Å². The first kappa shape index (κ1) is 14.9. The summed E-state index contributed by atoms with van der Waals surface area (Å²) in [4.78, 5) is 15.2. The van der Waals surface area contributed by atoms with Gasteiger partial charge in [0.05, 0.1) is 16.1 Å². The van der Waals surface area contributed by atoms with Gasteiger partial charge in [-0.1, -0.05) is 31.0 Å². The quantitative estimate of drug-likeness (QED) is 0.842. The largest absolute Gasteiger partial charge is 0.481 e. The van der Waals surface area contributed by atoms with Gasteiger partial charge in [0, 0.05) is 19.4 Å². The normalized spacial score (nSPS) is 11.1. The number of hydrogen-bond donors (Lipinski definition) is 1. The van der Waals surface area contributed by atoms with Gasteiger partial charge >= 0.3 is 5.97 Å². The molecule has 20 heavy (non-hydrogen) atoms. The second-order valence-electron chi connectivity index (χ2n) is 4.89. The Labute approximate surface area is 123 Å². The van der Waals surface area contributed by atoms with Gasteiger partial charge in [-0.15, -0.1) is 0 Å². The predicted octanol–water partition coefficient (Wildman–Crippen LogP) is 3.90.